The van der Waals surface area contributed by atoms with Gasteiger partial charge in [-0.3, -0.25) is 0 Å². The predicted molar refractivity (Wildman–Crippen MR) is 89.2 cm³/mol. The third-order valence-electron chi connectivity index (χ3n) is 3.83. The first-order chi connectivity index (χ1) is 11.5. The highest BCUT2D eigenvalue weighted by atomic mass is 16.5. The van der Waals surface area contributed by atoms with Crippen LogP contribution in [0.5, 0.6) is 28.7 Å². The summed E-state index contributed by atoms with van der Waals surface area (Å²) in [6.07, 6.45) is -0.0120. The summed E-state index contributed by atoms with van der Waals surface area (Å²) in [7, 11) is 4.44. The molecular weight excluding hydrogens is 312 g/mol. The summed E-state index contributed by atoms with van der Waals surface area (Å²) in [5, 5.41) is 30.2. The van der Waals surface area contributed by atoms with E-state index in [1.807, 2.05) is 0 Å². The van der Waals surface area contributed by atoms with Crippen molar-refractivity contribution < 1.29 is 29.5 Å². The molecule has 0 aliphatic carbocycles. The van der Waals surface area contributed by atoms with E-state index in [2.05, 4.69) is 0 Å². The van der Waals surface area contributed by atoms with Gasteiger partial charge < -0.3 is 29.5 Å². The van der Waals surface area contributed by atoms with Crippen molar-refractivity contribution in [2.75, 3.05) is 21.3 Å². The molecule has 1 atom stereocenters. The minimum Gasteiger partial charge on any atom is -0.507 e. The Morgan fingerprint density at radius 1 is 0.875 bits per heavy atom. The Bertz CT molecular complexity index is 698. The number of ether oxygens (including phenoxy) is 3. The van der Waals surface area contributed by atoms with Crippen LogP contribution < -0.4 is 14.2 Å². The number of methoxy groups -OCH3 is 3. The minimum absolute atomic E-state index is 0.0660. The second-order valence-corrected chi connectivity index (χ2v) is 5.32. The highest BCUT2D eigenvalue weighted by Crippen LogP contribution is 2.39. The lowest BCUT2D eigenvalue weighted by Crippen LogP contribution is -2.03. The molecule has 0 fully saturated rings. The normalized spacial score (nSPS) is 11.8. The van der Waals surface area contributed by atoms with E-state index in [-0.39, 0.29) is 11.5 Å². The fraction of sp³-hybridized carbons (Fsp3) is 0.333. The summed E-state index contributed by atoms with van der Waals surface area (Å²) >= 11 is 0. The molecule has 0 aromatic heterocycles. The molecule has 0 amide bonds. The van der Waals surface area contributed by atoms with Crippen LogP contribution in [0.15, 0.2) is 30.3 Å². The van der Waals surface area contributed by atoms with Crippen LogP contribution in [0.25, 0.3) is 0 Å². The second kappa shape index (κ2) is 7.79. The summed E-state index contributed by atoms with van der Waals surface area (Å²) in [6.45, 7) is 0. The van der Waals surface area contributed by atoms with E-state index in [0.29, 0.717) is 35.7 Å². The Hall–Kier alpha value is -2.60. The second-order valence-electron chi connectivity index (χ2n) is 5.32. The van der Waals surface area contributed by atoms with Crippen molar-refractivity contribution in [3.05, 3.63) is 41.5 Å². The number of phenols is 2. The molecule has 0 radical (unpaired) electrons. The van der Waals surface area contributed by atoms with Gasteiger partial charge in [-0.15, -0.1) is 0 Å². The smallest absolute Gasteiger partial charge is 0.160 e. The monoisotopic (exact) mass is 334 g/mol. The zero-order valence-corrected chi connectivity index (χ0v) is 13.9. The number of benzene rings is 2. The van der Waals surface area contributed by atoms with Crippen LogP contribution >= 0.6 is 0 Å². The molecule has 0 aliphatic rings. The Morgan fingerprint density at radius 2 is 1.58 bits per heavy atom. The average Bonchev–Trinajstić information content (AvgIpc) is 2.59. The molecule has 2 aromatic rings. The van der Waals surface area contributed by atoms with Gasteiger partial charge in [-0.05, 0) is 30.5 Å². The topological polar surface area (TPSA) is 88.4 Å². The van der Waals surface area contributed by atoms with Crippen LogP contribution in [0.4, 0.5) is 0 Å². The van der Waals surface area contributed by atoms with Gasteiger partial charge in [-0.2, -0.15) is 0 Å². The highest BCUT2D eigenvalue weighted by molar-refractivity contribution is 5.51. The molecular formula is C18H22O6. The van der Waals surface area contributed by atoms with Crippen molar-refractivity contribution >= 4 is 0 Å². The Morgan fingerprint density at radius 3 is 2.21 bits per heavy atom. The molecule has 0 heterocycles. The molecule has 2 aromatic carbocycles. The zero-order valence-electron chi connectivity index (χ0n) is 13.9. The summed E-state index contributed by atoms with van der Waals surface area (Å²) < 4.78 is 15.4. The zero-order chi connectivity index (χ0) is 17.7. The Kier molecular flexibility index (Phi) is 5.76. The lowest BCUT2D eigenvalue weighted by atomic mass is 9.99. The maximum Gasteiger partial charge on any atom is 0.160 e. The average molecular weight is 334 g/mol. The number of aromatic hydroxyl groups is 2. The fourth-order valence-corrected chi connectivity index (χ4v) is 2.53. The van der Waals surface area contributed by atoms with Crippen molar-refractivity contribution in [2.45, 2.75) is 18.9 Å². The van der Waals surface area contributed by atoms with Crippen LogP contribution in [0.3, 0.4) is 0 Å². The molecule has 24 heavy (non-hydrogen) atoms. The maximum atomic E-state index is 10.5. The third-order valence-corrected chi connectivity index (χ3v) is 3.83. The molecule has 0 spiro atoms. The third kappa shape index (κ3) is 3.83. The van der Waals surface area contributed by atoms with E-state index in [9.17, 15) is 15.3 Å². The lowest BCUT2D eigenvalue weighted by Gasteiger charge is -2.17. The number of aryl methyl sites for hydroxylation is 1. The van der Waals surface area contributed by atoms with E-state index in [0.717, 1.165) is 5.56 Å². The molecule has 0 aliphatic heterocycles. The van der Waals surface area contributed by atoms with E-state index in [4.69, 9.17) is 14.2 Å². The van der Waals surface area contributed by atoms with Crippen molar-refractivity contribution in [3.8, 4) is 28.7 Å². The van der Waals surface area contributed by atoms with Gasteiger partial charge in [0.1, 0.15) is 17.2 Å². The Labute approximate surface area is 140 Å². The lowest BCUT2D eigenvalue weighted by molar-refractivity contribution is 0.159. The van der Waals surface area contributed by atoms with Crippen molar-refractivity contribution in [2.24, 2.45) is 0 Å². The van der Waals surface area contributed by atoms with Gasteiger partial charge in [0.25, 0.3) is 0 Å². The summed E-state index contributed by atoms with van der Waals surface area (Å²) in [6, 6.07) is 8.07. The first-order valence-electron chi connectivity index (χ1n) is 7.49. The standard InChI is InChI=1S/C18H22O6/c1-22-12-9-15(21)18(17(10-12)24-3)14(20)7-5-11-4-6-13(19)16(8-11)23-2/h4,6,8-10,14,19-21H,5,7H2,1-3H3. The van der Waals surface area contributed by atoms with Gasteiger partial charge in [0, 0.05) is 12.1 Å². The van der Waals surface area contributed by atoms with Crippen molar-refractivity contribution in [1.82, 2.24) is 0 Å². The van der Waals surface area contributed by atoms with E-state index in [1.54, 1.807) is 24.3 Å². The fourth-order valence-electron chi connectivity index (χ4n) is 2.53. The molecule has 0 saturated heterocycles. The van der Waals surface area contributed by atoms with Crippen LogP contribution in [0.1, 0.15) is 23.7 Å². The summed E-state index contributed by atoms with van der Waals surface area (Å²) in [5.74, 6) is 1.18. The SMILES string of the molecule is COc1cc(O)c(C(O)CCc2ccc(O)c(OC)c2)c(OC)c1. The van der Waals surface area contributed by atoms with Gasteiger partial charge in [0.2, 0.25) is 0 Å². The summed E-state index contributed by atoms with van der Waals surface area (Å²) in [4.78, 5) is 0. The van der Waals surface area contributed by atoms with Gasteiger partial charge in [0.15, 0.2) is 11.5 Å². The number of hydrogen-bond donors (Lipinski definition) is 3. The number of rotatable bonds is 7. The summed E-state index contributed by atoms with van der Waals surface area (Å²) in [5.41, 5.74) is 1.22. The number of aliphatic hydroxyl groups is 1. The minimum atomic E-state index is -0.911. The van der Waals surface area contributed by atoms with Gasteiger partial charge in [-0.1, -0.05) is 6.07 Å². The van der Waals surface area contributed by atoms with E-state index >= 15 is 0 Å². The van der Waals surface area contributed by atoms with Gasteiger partial charge in [-0.25, -0.2) is 0 Å². The van der Waals surface area contributed by atoms with Crippen molar-refractivity contribution in [3.63, 3.8) is 0 Å². The van der Waals surface area contributed by atoms with E-state index < -0.39 is 6.10 Å². The van der Waals surface area contributed by atoms with Crippen molar-refractivity contribution in [1.29, 1.82) is 0 Å². The van der Waals surface area contributed by atoms with Gasteiger partial charge in [0.05, 0.1) is 33.0 Å². The van der Waals surface area contributed by atoms with Crippen LogP contribution in [-0.2, 0) is 6.42 Å². The molecule has 0 bridgehead atoms. The number of phenolic OH excluding ortho intramolecular Hbond substituents is 2. The molecule has 6 heteroatoms. The number of aliphatic hydroxyl groups excluding tert-OH is 1. The predicted octanol–water partition coefficient (Wildman–Crippen LogP) is 2.79. The van der Waals surface area contributed by atoms with Crippen LogP contribution in [0, 0.1) is 0 Å². The molecule has 6 nitrogen and oxygen atoms in total. The number of hydrogen-bond acceptors (Lipinski definition) is 6. The van der Waals surface area contributed by atoms with Gasteiger partial charge >= 0.3 is 0 Å². The first kappa shape index (κ1) is 17.7. The highest BCUT2D eigenvalue weighted by Gasteiger charge is 2.20. The first-order valence-corrected chi connectivity index (χ1v) is 7.49. The largest absolute Gasteiger partial charge is 0.507 e. The quantitative estimate of drug-likeness (QED) is 0.721. The van der Waals surface area contributed by atoms with Crippen LogP contribution in [-0.4, -0.2) is 36.6 Å². The van der Waals surface area contributed by atoms with E-state index in [1.165, 1.54) is 27.4 Å². The Balaban J connectivity index is 2.17. The van der Waals surface area contributed by atoms with Crippen LogP contribution in [0.2, 0.25) is 0 Å². The molecule has 2 rings (SSSR count). The molecule has 1 unspecified atom stereocenters. The molecule has 3 N–H and O–H groups in total. The molecule has 0 saturated carbocycles. The molecule has 130 valence electrons. The maximum absolute atomic E-state index is 10.5.